The highest BCUT2D eigenvalue weighted by Gasteiger charge is 2.32. The second-order valence-corrected chi connectivity index (χ2v) is 7.84. The Balaban J connectivity index is 2.39. The first kappa shape index (κ1) is 16.9. The van der Waals surface area contributed by atoms with Crippen LogP contribution in [-0.4, -0.2) is 46.7 Å². The minimum absolute atomic E-state index is 0.358. The number of rotatable bonds is 10. The van der Waals surface area contributed by atoms with Crippen LogP contribution in [0.2, 0.25) is 0 Å². The molecule has 0 aromatic heterocycles. The van der Waals surface area contributed by atoms with Gasteiger partial charge in [0.25, 0.3) is 0 Å². The monoisotopic (exact) mass is 291 g/mol. The van der Waals surface area contributed by atoms with Gasteiger partial charge in [-0.05, 0) is 31.2 Å². The fourth-order valence-corrected chi connectivity index (χ4v) is 4.74. The van der Waals surface area contributed by atoms with E-state index in [1.807, 2.05) is 0 Å². The molecule has 0 radical (unpaired) electrons. The largest absolute Gasteiger partial charge is 0.383 e. The highest BCUT2D eigenvalue weighted by Crippen LogP contribution is 2.29. The van der Waals surface area contributed by atoms with E-state index in [4.69, 9.17) is 4.74 Å². The minimum atomic E-state index is -2.76. The molecule has 0 amide bonds. The van der Waals surface area contributed by atoms with Gasteiger partial charge in [0.15, 0.2) is 9.84 Å². The minimum Gasteiger partial charge on any atom is -0.383 e. The number of hydrogen-bond donors (Lipinski definition) is 1. The van der Waals surface area contributed by atoms with Crippen molar-refractivity contribution in [2.45, 2.75) is 39.0 Å². The smallest absolute Gasteiger partial charge is 0.150 e. The van der Waals surface area contributed by atoms with Crippen molar-refractivity contribution in [3.8, 4) is 0 Å². The van der Waals surface area contributed by atoms with Crippen LogP contribution < -0.4 is 5.32 Å². The molecule has 0 bridgehead atoms. The summed E-state index contributed by atoms with van der Waals surface area (Å²) >= 11 is 0. The Morgan fingerprint density at radius 1 is 1.37 bits per heavy atom. The standard InChI is InChI=1S/C14H29NO3S/c1-3-4-5-6-13(11-15-8-9-18-2)14-7-10-19(16,17)12-14/h13-15H,3-12H2,1-2H3. The molecule has 114 valence electrons. The second-order valence-electron chi connectivity index (χ2n) is 5.62. The fraction of sp³-hybridized carbons (Fsp3) is 1.00. The number of methoxy groups -OCH3 is 1. The van der Waals surface area contributed by atoms with E-state index < -0.39 is 9.84 Å². The summed E-state index contributed by atoms with van der Waals surface area (Å²) in [6.45, 7) is 4.68. The third-order valence-electron chi connectivity index (χ3n) is 4.00. The molecule has 4 nitrogen and oxygen atoms in total. The van der Waals surface area contributed by atoms with Crippen molar-refractivity contribution < 1.29 is 13.2 Å². The maximum absolute atomic E-state index is 11.6. The molecule has 1 N–H and O–H groups in total. The van der Waals surface area contributed by atoms with Crippen LogP contribution in [0.1, 0.15) is 39.0 Å². The van der Waals surface area contributed by atoms with Crippen molar-refractivity contribution in [1.82, 2.24) is 5.32 Å². The summed E-state index contributed by atoms with van der Waals surface area (Å²) < 4.78 is 28.2. The molecule has 1 rings (SSSR count). The number of sulfone groups is 1. The predicted molar refractivity (Wildman–Crippen MR) is 79.1 cm³/mol. The van der Waals surface area contributed by atoms with E-state index in [1.54, 1.807) is 7.11 Å². The van der Waals surface area contributed by atoms with Crippen LogP contribution in [0.3, 0.4) is 0 Å². The van der Waals surface area contributed by atoms with Gasteiger partial charge in [0.2, 0.25) is 0 Å². The van der Waals surface area contributed by atoms with E-state index in [9.17, 15) is 8.42 Å². The molecule has 0 saturated carbocycles. The molecule has 0 aromatic rings. The molecule has 19 heavy (non-hydrogen) atoms. The van der Waals surface area contributed by atoms with Gasteiger partial charge in [-0.1, -0.05) is 26.2 Å². The molecule has 0 aromatic carbocycles. The summed E-state index contributed by atoms with van der Waals surface area (Å²) in [6, 6.07) is 0. The van der Waals surface area contributed by atoms with Crippen molar-refractivity contribution in [2.75, 3.05) is 38.3 Å². The first-order chi connectivity index (χ1) is 9.09. The molecular formula is C14H29NO3S. The van der Waals surface area contributed by atoms with Crippen LogP contribution in [0.15, 0.2) is 0 Å². The van der Waals surface area contributed by atoms with Gasteiger partial charge in [-0.3, -0.25) is 0 Å². The third-order valence-corrected chi connectivity index (χ3v) is 5.80. The van der Waals surface area contributed by atoms with Gasteiger partial charge in [0, 0.05) is 13.7 Å². The molecular weight excluding hydrogens is 262 g/mol. The third kappa shape index (κ3) is 6.72. The van der Waals surface area contributed by atoms with Crippen LogP contribution in [0.4, 0.5) is 0 Å². The number of unbranched alkanes of at least 4 members (excludes halogenated alkanes) is 2. The van der Waals surface area contributed by atoms with Crippen LogP contribution in [-0.2, 0) is 14.6 Å². The molecule has 1 aliphatic rings. The van der Waals surface area contributed by atoms with E-state index in [0.29, 0.717) is 29.9 Å². The Bertz CT molecular complexity index is 330. The van der Waals surface area contributed by atoms with E-state index >= 15 is 0 Å². The van der Waals surface area contributed by atoms with Gasteiger partial charge >= 0.3 is 0 Å². The highest BCUT2D eigenvalue weighted by atomic mass is 32.2. The zero-order chi connectivity index (χ0) is 14.1. The maximum Gasteiger partial charge on any atom is 0.150 e. The van der Waals surface area contributed by atoms with Crippen LogP contribution >= 0.6 is 0 Å². The Labute approximate surface area is 118 Å². The number of nitrogens with one attached hydrogen (secondary N) is 1. The first-order valence-corrected chi connectivity index (χ1v) is 9.31. The Hall–Kier alpha value is -0.130. The van der Waals surface area contributed by atoms with E-state index in [0.717, 1.165) is 25.9 Å². The molecule has 1 fully saturated rings. The maximum atomic E-state index is 11.6. The lowest BCUT2D eigenvalue weighted by molar-refractivity contribution is 0.194. The Kier molecular flexibility index (Phi) is 7.95. The van der Waals surface area contributed by atoms with Gasteiger partial charge in [0.05, 0.1) is 18.1 Å². The first-order valence-electron chi connectivity index (χ1n) is 7.49. The van der Waals surface area contributed by atoms with Gasteiger partial charge in [-0.2, -0.15) is 0 Å². The van der Waals surface area contributed by atoms with Crippen molar-refractivity contribution >= 4 is 9.84 Å². The van der Waals surface area contributed by atoms with Crippen LogP contribution in [0, 0.1) is 11.8 Å². The molecule has 0 aliphatic carbocycles. The lowest BCUT2D eigenvalue weighted by Crippen LogP contribution is -2.31. The average molecular weight is 291 g/mol. The summed E-state index contributed by atoms with van der Waals surface area (Å²) in [5.74, 6) is 1.65. The Morgan fingerprint density at radius 2 is 2.16 bits per heavy atom. The zero-order valence-electron chi connectivity index (χ0n) is 12.4. The number of ether oxygens (including phenoxy) is 1. The molecule has 2 atom stereocenters. The SMILES string of the molecule is CCCCCC(CNCCOC)C1CCS(=O)(=O)C1. The van der Waals surface area contributed by atoms with E-state index in [2.05, 4.69) is 12.2 Å². The van der Waals surface area contributed by atoms with Crippen LogP contribution in [0.25, 0.3) is 0 Å². The van der Waals surface area contributed by atoms with Gasteiger partial charge in [0.1, 0.15) is 0 Å². The number of hydrogen-bond acceptors (Lipinski definition) is 4. The quantitative estimate of drug-likeness (QED) is 0.624. The average Bonchev–Trinajstić information content (AvgIpc) is 2.73. The molecule has 5 heteroatoms. The zero-order valence-corrected chi connectivity index (χ0v) is 13.2. The predicted octanol–water partition coefficient (Wildman–Crippen LogP) is 1.85. The van der Waals surface area contributed by atoms with Gasteiger partial charge in [-0.25, -0.2) is 8.42 Å². The highest BCUT2D eigenvalue weighted by molar-refractivity contribution is 7.91. The van der Waals surface area contributed by atoms with E-state index in [-0.39, 0.29) is 0 Å². The lowest BCUT2D eigenvalue weighted by Gasteiger charge is -2.23. The second kappa shape index (κ2) is 8.93. The summed E-state index contributed by atoms with van der Waals surface area (Å²) in [7, 11) is -1.06. The summed E-state index contributed by atoms with van der Waals surface area (Å²) in [5, 5.41) is 3.40. The van der Waals surface area contributed by atoms with Crippen molar-refractivity contribution in [3.63, 3.8) is 0 Å². The lowest BCUT2D eigenvalue weighted by atomic mass is 9.87. The molecule has 0 spiro atoms. The van der Waals surface area contributed by atoms with Gasteiger partial charge < -0.3 is 10.1 Å². The fourth-order valence-electron chi connectivity index (χ4n) is 2.82. The van der Waals surface area contributed by atoms with E-state index in [1.165, 1.54) is 19.3 Å². The normalized spacial score (nSPS) is 23.6. The summed E-state index contributed by atoms with van der Waals surface area (Å²) in [6.07, 6.45) is 5.67. The van der Waals surface area contributed by atoms with Crippen molar-refractivity contribution in [3.05, 3.63) is 0 Å². The molecule has 1 saturated heterocycles. The van der Waals surface area contributed by atoms with Crippen molar-refractivity contribution in [2.24, 2.45) is 11.8 Å². The molecule has 2 unspecified atom stereocenters. The summed E-state index contributed by atoms with van der Waals surface area (Å²) in [4.78, 5) is 0. The van der Waals surface area contributed by atoms with Crippen molar-refractivity contribution in [1.29, 1.82) is 0 Å². The summed E-state index contributed by atoms with van der Waals surface area (Å²) in [5.41, 5.74) is 0. The molecule has 1 aliphatic heterocycles. The van der Waals surface area contributed by atoms with Gasteiger partial charge in [-0.15, -0.1) is 0 Å². The molecule has 1 heterocycles. The Morgan fingerprint density at radius 3 is 2.74 bits per heavy atom. The van der Waals surface area contributed by atoms with Crippen LogP contribution in [0.5, 0.6) is 0 Å². The topological polar surface area (TPSA) is 55.4 Å².